The first-order valence-corrected chi connectivity index (χ1v) is 5.98. The van der Waals surface area contributed by atoms with Crippen molar-refractivity contribution in [3.63, 3.8) is 0 Å². The molecule has 1 aromatic carbocycles. The fourth-order valence-corrected chi connectivity index (χ4v) is 1.41. The fourth-order valence-electron chi connectivity index (χ4n) is 1.04. The molecule has 2 amide bonds. The van der Waals surface area contributed by atoms with Gasteiger partial charge in [-0.15, -0.1) is 0 Å². The van der Waals surface area contributed by atoms with Crippen molar-refractivity contribution in [1.82, 2.24) is 5.32 Å². The molecule has 0 radical (unpaired) electrons. The van der Waals surface area contributed by atoms with Crippen molar-refractivity contribution in [2.45, 2.75) is 4.90 Å². The lowest BCUT2D eigenvalue weighted by atomic mass is 10.3. The first-order chi connectivity index (χ1) is 8.49. The molecule has 0 aliphatic rings. The van der Waals surface area contributed by atoms with Crippen LogP contribution in [0.1, 0.15) is 0 Å². The van der Waals surface area contributed by atoms with Crippen LogP contribution in [-0.4, -0.2) is 33.7 Å². The topological polar surface area (TPSA) is 119 Å². The molecule has 1 rings (SSSR count). The number of ether oxygens (including phenoxy) is 1. The summed E-state index contributed by atoms with van der Waals surface area (Å²) in [4.78, 5) is 21.8. The normalized spacial score (nSPS) is 11.6. The molecule has 0 saturated carbocycles. The summed E-state index contributed by atoms with van der Waals surface area (Å²) < 4.78 is 24.6. The Hall–Kier alpha value is -1.93. The molecule has 0 aromatic heterocycles. The zero-order valence-corrected chi connectivity index (χ0v) is 10.1. The van der Waals surface area contributed by atoms with E-state index in [0.29, 0.717) is 5.75 Å². The maximum Gasteiger partial charge on any atom is 0.258 e. The molecule has 4 N–H and O–H groups in total. The highest BCUT2D eigenvalue weighted by Crippen LogP contribution is 2.13. The van der Waals surface area contributed by atoms with Crippen LogP contribution >= 0.6 is 0 Å². The number of nitrogens with one attached hydrogen (secondary N) is 1. The van der Waals surface area contributed by atoms with Gasteiger partial charge < -0.3 is 20.3 Å². The standard InChI is InChI=1S/C10H12N2O5S/c11-9(13)5-12-10(14)6-17-7-1-3-8(4-2-7)18(15)16/h1-4H,5-6H2,(H2,11,13)(H,12,14)(H,15,16). The van der Waals surface area contributed by atoms with E-state index in [-0.39, 0.29) is 18.0 Å². The Morgan fingerprint density at radius 3 is 2.44 bits per heavy atom. The van der Waals surface area contributed by atoms with Crippen molar-refractivity contribution in [2.75, 3.05) is 13.2 Å². The Bertz CT molecular complexity index is 460. The molecule has 7 nitrogen and oxygen atoms in total. The average molecular weight is 272 g/mol. The first kappa shape index (κ1) is 14.1. The van der Waals surface area contributed by atoms with Crippen LogP contribution in [-0.2, 0) is 20.7 Å². The van der Waals surface area contributed by atoms with Crippen molar-refractivity contribution in [3.05, 3.63) is 24.3 Å². The molecule has 1 aromatic rings. The molecule has 1 atom stereocenters. The van der Waals surface area contributed by atoms with E-state index in [0.717, 1.165) is 0 Å². The number of benzene rings is 1. The summed E-state index contributed by atoms with van der Waals surface area (Å²) in [6, 6.07) is 5.75. The number of hydrogen-bond donors (Lipinski definition) is 3. The van der Waals surface area contributed by atoms with Crippen molar-refractivity contribution in [3.8, 4) is 5.75 Å². The monoisotopic (exact) mass is 272 g/mol. The Labute approximate surface area is 106 Å². The number of amides is 2. The number of nitrogens with two attached hydrogens (primary N) is 1. The predicted octanol–water partition coefficient (Wildman–Crippen LogP) is -0.752. The van der Waals surface area contributed by atoms with E-state index < -0.39 is 22.9 Å². The van der Waals surface area contributed by atoms with Gasteiger partial charge in [0.1, 0.15) is 5.75 Å². The van der Waals surface area contributed by atoms with Gasteiger partial charge in [0, 0.05) is 0 Å². The van der Waals surface area contributed by atoms with Crippen LogP contribution in [0.2, 0.25) is 0 Å². The van der Waals surface area contributed by atoms with Gasteiger partial charge in [-0.2, -0.15) is 0 Å². The van der Waals surface area contributed by atoms with Crippen LogP contribution < -0.4 is 15.8 Å². The summed E-state index contributed by atoms with van der Waals surface area (Å²) in [5.41, 5.74) is 4.85. The van der Waals surface area contributed by atoms with E-state index in [1.54, 1.807) is 0 Å². The highest BCUT2D eigenvalue weighted by atomic mass is 32.2. The largest absolute Gasteiger partial charge is 0.484 e. The Kier molecular flexibility index (Phi) is 5.28. The number of carbonyl (C=O) groups excluding carboxylic acids is 2. The molecule has 0 saturated heterocycles. The molecule has 0 heterocycles. The summed E-state index contributed by atoms with van der Waals surface area (Å²) >= 11 is -2.04. The lowest BCUT2D eigenvalue weighted by Crippen LogP contribution is -2.36. The highest BCUT2D eigenvalue weighted by molar-refractivity contribution is 7.79. The summed E-state index contributed by atoms with van der Waals surface area (Å²) in [6.07, 6.45) is 0. The minimum absolute atomic E-state index is 0.237. The second-order valence-electron chi connectivity index (χ2n) is 3.25. The lowest BCUT2D eigenvalue weighted by Gasteiger charge is -2.06. The maximum absolute atomic E-state index is 11.2. The second-order valence-corrected chi connectivity index (χ2v) is 4.22. The molecule has 0 bridgehead atoms. The molecule has 8 heteroatoms. The fraction of sp³-hybridized carbons (Fsp3) is 0.200. The van der Waals surface area contributed by atoms with Gasteiger partial charge in [0.05, 0.1) is 11.4 Å². The van der Waals surface area contributed by atoms with Crippen LogP contribution in [0.4, 0.5) is 0 Å². The third-order valence-electron chi connectivity index (χ3n) is 1.86. The summed E-state index contributed by atoms with van der Waals surface area (Å²) in [5, 5.41) is 2.25. The molecular weight excluding hydrogens is 260 g/mol. The van der Waals surface area contributed by atoms with Crippen molar-refractivity contribution in [1.29, 1.82) is 0 Å². The van der Waals surface area contributed by atoms with E-state index in [2.05, 4.69) is 5.32 Å². The summed E-state index contributed by atoms with van der Waals surface area (Å²) in [6.45, 7) is -0.514. The van der Waals surface area contributed by atoms with E-state index in [4.69, 9.17) is 15.0 Å². The number of hydrogen-bond acceptors (Lipinski definition) is 4. The average Bonchev–Trinajstić information content (AvgIpc) is 2.34. The number of carbonyl (C=O) groups is 2. The third-order valence-corrected chi connectivity index (χ3v) is 2.53. The van der Waals surface area contributed by atoms with Gasteiger partial charge in [-0.1, -0.05) is 0 Å². The van der Waals surface area contributed by atoms with E-state index >= 15 is 0 Å². The SMILES string of the molecule is NC(=O)CNC(=O)COc1ccc(S(=O)O)cc1. The van der Waals surface area contributed by atoms with Crippen LogP contribution in [0.3, 0.4) is 0 Å². The molecule has 0 spiro atoms. The first-order valence-electron chi connectivity index (χ1n) is 4.88. The van der Waals surface area contributed by atoms with Gasteiger partial charge in [-0.05, 0) is 24.3 Å². The predicted molar refractivity (Wildman–Crippen MR) is 63.2 cm³/mol. The molecule has 0 aliphatic carbocycles. The van der Waals surface area contributed by atoms with Gasteiger partial charge in [0.2, 0.25) is 5.91 Å². The van der Waals surface area contributed by atoms with Crippen molar-refractivity contribution in [2.24, 2.45) is 5.73 Å². The highest BCUT2D eigenvalue weighted by Gasteiger charge is 2.04. The molecule has 0 aliphatic heterocycles. The lowest BCUT2D eigenvalue weighted by molar-refractivity contribution is -0.126. The molecule has 1 unspecified atom stereocenters. The van der Waals surface area contributed by atoms with Crippen LogP contribution in [0.25, 0.3) is 0 Å². The Balaban J connectivity index is 2.41. The zero-order chi connectivity index (χ0) is 13.5. The van der Waals surface area contributed by atoms with Crippen molar-refractivity contribution < 1.29 is 23.1 Å². The van der Waals surface area contributed by atoms with E-state index in [1.165, 1.54) is 24.3 Å². The third kappa shape index (κ3) is 4.93. The van der Waals surface area contributed by atoms with Gasteiger partial charge in [0.15, 0.2) is 17.7 Å². The summed E-state index contributed by atoms with van der Waals surface area (Å²) in [7, 11) is 0. The second kappa shape index (κ2) is 6.72. The Morgan fingerprint density at radius 1 is 1.33 bits per heavy atom. The van der Waals surface area contributed by atoms with Crippen LogP contribution in [0, 0.1) is 0 Å². The van der Waals surface area contributed by atoms with Gasteiger partial charge in [-0.25, -0.2) is 4.21 Å². The smallest absolute Gasteiger partial charge is 0.258 e. The van der Waals surface area contributed by atoms with E-state index in [1.807, 2.05) is 0 Å². The Morgan fingerprint density at radius 2 is 1.94 bits per heavy atom. The van der Waals surface area contributed by atoms with Gasteiger partial charge in [0.25, 0.3) is 5.91 Å². The van der Waals surface area contributed by atoms with Gasteiger partial charge in [-0.3, -0.25) is 9.59 Å². The van der Waals surface area contributed by atoms with Gasteiger partial charge >= 0.3 is 0 Å². The van der Waals surface area contributed by atoms with Crippen LogP contribution in [0.15, 0.2) is 29.2 Å². The minimum Gasteiger partial charge on any atom is -0.484 e. The molecular formula is C10H12N2O5S. The number of rotatable bonds is 6. The quantitative estimate of drug-likeness (QED) is 0.589. The molecule has 0 fully saturated rings. The summed E-state index contributed by atoms with van der Waals surface area (Å²) in [5.74, 6) is -0.750. The molecule has 98 valence electrons. The minimum atomic E-state index is -2.04. The number of primary amides is 1. The van der Waals surface area contributed by atoms with Crippen molar-refractivity contribution >= 4 is 22.9 Å². The van der Waals surface area contributed by atoms with Crippen LogP contribution in [0.5, 0.6) is 5.75 Å². The zero-order valence-electron chi connectivity index (χ0n) is 9.29. The maximum atomic E-state index is 11.2. The molecule has 18 heavy (non-hydrogen) atoms. The van der Waals surface area contributed by atoms with E-state index in [9.17, 15) is 13.8 Å².